The van der Waals surface area contributed by atoms with Crippen LogP contribution in [0.3, 0.4) is 0 Å². The van der Waals surface area contributed by atoms with E-state index in [-0.39, 0.29) is 47.2 Å². The first-order valence-corrected chi connectivity index (χ1v) is 30.8. The zero-order chi connectivity index (χ0) is 62.7. The average Bonchev–Trinajstić information content (AvgIpc) is 0.689. The molecule has 5 aliphatic carbocycles. The molecule has 27 heteroatoms. The summed E-state index contributed by atoms with van der Waals surface area (Å²) < 4.78 is 59.5. The summed E-state index contributed by atoms with van der Waals surface area (Å²) in [5.41, 5.74) is -2.07. The molecule has 86 heavy (non-hydrogen) atoms. The van der Waals surface area contributed by atoms with E-state index in [0.717, 1.165) is 6.42 Å². The Bertz CT molecular complexity index is 2380. The number of hydrogen-bond donors (Lipinski definition) is 16. The van der Waals surface area contributed by atoms with Crippen LogP contribution in [0.25, 0.3) is 0 Å². The van der Waals surface area contributed by atoms with Gasteiger partial charge in [-0.1, -0.05) is 53.2 Å². The summed E-state index contributed by atoms with van der Waals surface area (Å²) in [7, 11) is 0. The maximum Gasteiger partial charge on any atom is 0.315 e. The molecule has 9 unspecified atom stereocenters. The van der Waals surface area contributed by atoms with Gasteiger partial charge in [0.05, 0.1) is 50.7 Å². The summed E-state index contributed by atoms with van der Waals surface area (Å²) in [5.74, 6) is -0.929. The van der Waals surface area contributed by atoms with E-state index in [1.165, 1.54) is 12.5 Å². The summed E-state index contributed by atoms with van der Waals surface area (Å²) in [6, 6.07) is 0. The molecule has 0 radical (unpaired) electrons. The summed E-state index contributed by atoms with van der Waals surface area (Å²) in [5, 5.41) is 172. The minimum Gasteiger partial charge on any atom is -0.432 e. The van der Waals surface area contributed by atoms with E-state index in [1.54, 1.807) is 0 Å². The summed E-state index contributed by atoms with van der Waals surface area (Å²) in [4.78, 5) is 15.1. The van der Waals surface area contributed by atoms with Gasteiger partial charge in [0.2, 0.25) is 6.29 Å². The third kappa shape index (κ3) is 11.2. The van der Waals surface area contributed by atoms with Crippen LogP contribution < -0.4 is 0 Å². The van der Waals surface area contributed by atoms with Gasteiger partial charge >= 0.3 is 5.97 Å². The number of aliphatic hydroxyl groups excluding tert-OH is 16. The van der Waals surface area contributed by atoms with Crippen LogP contribution in [0.5, 0.6) is 0 Å². The van der Waals surface area contributed by atoms with Crippen molar-refractivity contribution in [2.45, 2.75) is 266 Å². The number of allylic oxidation sites excluding steroid dienone is 2. The van der Waals surface area contributed by atoms with Gasteiger partial charge in [-0.05, 0) is 111 Å². The minimum absolute atomic E-state index is 0.0885. The Morgan fingerprint density at radius 1 is 0.558 bits per heavy atom. The third-order valence-corrected chi connectivity index (χ3v) is 23.2. The van der Waals surface area contributed by atoms with Crippen LogP contribution in [0.15, 0.2) is 11.6 Å². The number of fused-ring (bicyclic) bond motifs is 7. The molecule has 5 heterocycles. The van der Waals surface area contributed by atoms with Crippen molar-refractivity contribution in [2.75, 3.05) is 33.0 Å². The molecular formula is C59H96O27. The predicted molar refractivity (Wildman–Crippen MR) is 289 cm³/mol. The highest BCUT2D eigenvalue weighted by Crippen LogP contribution is 2.76. The average molecular weight is 1240 g/mol. The van der Waals surface area contributed by atoms with Crippen molar-refractivity contribution in [3.8, 4) is 0 Å². The Hall–Kier alpha value is -1.79. The number of ether oxygens (including phenoxy) is 10. The second kappa shape index (κ2) is 24.9. The molecule has 5 saturated heterocycles. The van der Waals surface area contributed by atoms with Crippen molar-refractivity contribution in [2.24, 2.45) is 50.2 Å². The van der Waals surface area contributed by atoms with Crippen LogP contribution in [0.4, 0.5) is 0 Å². The van der Waals surface area contributed by atoms with Gasteiger partial charge in [0.1, 0.15) is 110 Å². The Morgan fingerprint density at radius 2 is 1.13 bits per heavy atom. The number of rotatable bonds is 14. The van der Waals surface area contributed by atoms with Crippen LogP contribution in [0.2, 0.25) is 0 Å². The van der Waals surface area contributed by atoms with Crippen molar-refractivity contribution in [1.29, 1.82) is 0 Å². The fourth-order valence-electron chi connectivity index (χ4n) is 17.6. The first-order valence-electron chi connectivity index (χ1n) is 30.8. The fourth-order valence-corrected chi connectivity index (χ4v) is 17.6. The van der Waals surface area contributed by atoms with Crippen LogP contribution in [0.1, 0.15) is 113 Å². The Labute approximate surface area is 499 Å². The normalized spacial score (nSPS) is 54.8. The number of aliphatic hydroxyl groups is 16. The first kappa shape index (κ1) is 67.1. The molecule has 494 valence electrons. The number of carbonyl (C=O) groups is 1. The van der Waals surface area contributed by atoms with Gasteiger partial charge in [0.25, 0.3) is 0 Å². The highest BCUT2D eigenvalue weighted by Gasteiger charge is 2.71. The smallest absolute Gasteiger partial charge is 0.315 e. The van der Waals surface area contributed by atoms with E-state index in [9.17, 15) is 81.7 Å². The van der Waals surface area contributed by atoms with Crippen molar-refractivity contribution in [1.82, 2.24) is 0 Å². The predicted octanol–water partition coefficient (Wildman–Crippen LogP) is -3.57. The van der Waals surface area contributed by atoms with Crippen LogP contribution in [-0.2, 0) is 52.2 Å². The Balaban J connectivity index is 0.849. The van der Waals surface area contributed by atoms with E-state index in [0.29, 0.717) is 57.8 Å². The number of esters is 1. The van der Waals surface area contributed by atoms with E-state index < -0.39 is 196 Å². The molecule has 9 fully saturated rings. The lowest BCUT2D eigenvalue weighted by Gasteiger charge is -2.71. The fraction of sp³-hybridized carbons (Fsp3) is 0.949. The number of carbonyl (C=O) groups excluding carboxylic acids is 1. The maximum absolute atomic E-state index is 15.1. The molecule has 0 amide bonds. The van der Waals surface area contributed by atoms with Gasteiger partial charge in [0.15, 0.2) is 25.2 Å². The molecule has 4 saturated carbocycles. The molecule has 0 aromatic carbocycles. The zero-order valence-corrected chi connectivity index (χ0v) is 50.0. The molecule has 0 spiro atoms. The molecule has 16 N–H and O–H groups in total. The molecular weight excluding hydrogens is 1140 g/mol. The standard InChI is InChI=1S/C59H96O27/c1-24-34(64)46(84-49-43(73)40(70)37(67)29(20-61)81-49)45(75)51(79-24)85-47-35(65)27(63)21-77-52(47)83-33-11-12-55(4)31(56(33,5)23-62)10-13-58(7)32(55)9-8-25-26-18-54(2,3)14-16-59(26,17-15-57(25,58)6)53(76)86-50-44(74)41(71)38(68)30(82-50)22-78-48-42(72)39(69)36(66)28(19-60)80-48/h8,24,26-52,60-75H,9-23H2,1-7H3/t24-,26?,27-,28-,29-,30-,31?,32?,33?,34+,35-,36-,37-,38-,39-,40-,41-,42-,43-,44-,45-,46-,47-,48-,49+,50+,51+,52+,55?,56?,57?,58?,59?/m1/s1. The van der Waals surface area contributed by atoms with Crippen molar-refractivity contribution in [3.05, 3.63) is 11.6 Å². The van der Waals surface area contributed by atoms with Crippen molar-refractivity contribution >= 4 is 5.97 Å². The van der Waals surface area contributed by atoms with Gasteiger partial charge in [-0.3, -0.25) is 4.79 Å². The Kier molecular flexibility index (Phi) is 19.4. The Morgan fingerprint density at radius 3 is 1.77 bits per heavy atom. The van der Waals surface area contributed by atoms with Crippen LogP contribution in [-0.4, -0.2) is 274 Å². The molecule has 0 bridgehead atoms. The van der Waals surface area contributed by atoms with Gasteiger partial charge in [0, 0.05) is 5.41 Å². The topological polar surface area (TPSA) is 433 Å². The molecule has 0 aromatic rings. The quantitative estimate of drug-likeness (QED) is 0.0454. The summed E-state index contributed by atoms with van der Waals surface area (Å²) >= 11 is 0. The highest BCUT2D eigenvalue weighted by atomic mass is 16.8. The molecule has 10 aliphatic rings. The third-order valence-electron chi connectivity index (χ3n) is 23.2. The molecule has 10 rings (SSSR count). The van der Waals surface area contributed by atoms with Gasteiger partial charge in [-0.2, -0.15) is 0 Å². The first-order chi connectivity index (χ1) is 40.4. The molecule has 5 aliphatic heterocycles. The minimum atomic E-state index is -1.87. The maximum atomic E-state index is 15.1. The van der Waals surface area contributed by atoms with Crippen LogP contribution in [0, 0.1) is 50.2 Å². The SMILES string of the molecule is C[C@H]1O[C@@H](O[C@H]2[C@H](OC3CCC4(C)C(CCC5(C)C4CC=C4C6CC(C)(C)CCC6(C(=O)O[C@@H]6O[C@H](CO[C@@H]7O[C@H](CO)[C@@H](O)[C@@H](O)[C@H]7O)[C@@H](O)[C@@H](O)[C@H]6O)CCC45C)C3(C)CO)OC[C@@H](O)[C@H]2O)[C@H](O)[C@H](O[C@@H]2O[C@H](CO)[C@@H](O)[C@@H](O)[C@H]2O)[C@H]1O. The molecule has 0 aromatic heterocycles. The highest BCUT2D eigenvalue weighted by molar-refractivity contribution is 5.79. The van der Waals surface area contributed by atoms with Crippen LogP contribution >= 0.6 is 0 Å². The van der Waals surface area contributed by atoms with E-state index in [4.69, 9.17) is 47.4 Å². The second-order valence-electron chi connectivity index (χ2n) is 28.5. The van der Waals surface area contributed by atoms with Gasteiger partial charge < -0.3 is 129 Å². The van der Waals surface area contributed by atoms with Gasteiger partial charge in [-0.25, -0.2) is 0 Å². The molecule has 33 atom stereocenters. The number of hydrogen-bond acceptors (Lipinski definition) is 27. The lowest BCUT2D eigenvalue weighted by atomic mass is 9.33. The zero-order valence-electron chi connectivity index (χ0n) is 50.0. The summed E-state index contributed by atoms with van der Waals surface area (Å²) in [6.07, 6.45) is -31.4. The largest absolute Gasteiger partial charge is 0.432 e. The lowest BCUT2D eigenvalue weighted by Crippen LogP contribution is -2.67. The van der Waals surface area contributed by atoms with E-state index in [1.807, 2.05) is 6.92 Å². The summed E-state index contributed by atoms with van der Waals surface area (Å²) in [6.45, 7) is 12.1. The molecule has 27 nitrogen and oxygen atoms in total. The lowest BCUT2D eigenvalue weighted by molar-refractivity contribution is -0.383. The van der Waals surface area contributed by atoms with E-state index >= 15 is 4.79 Å². The van der Waals surface area contributed by atoms with Gasteiger partial charge in [-0.15, -0.1) is 0 Å². The van der Waals surface area contributed by atoms with Crippen molar-refractivity contribution < 1.29 is 134 Å². The monoisotopic (exact) mass is 1240 g/mol. The van der Waals surface area contributed by atoms with E-state index in [2.05, 4.69) is 40.7 Å². The second-order valence-corrected chi connectivity index (χ2v) is 28.5. The van der Waals surface area contributed by atoms with Crippen molar-refractivity contribution in [3.63, 3.8) is 0 Å².